The van der Waals surface area contributed by atoms with E-state index in [2.05, 4.69) is 31.1 Å². The molecule has 13 heteroatoms. The van der Waals surface area contributed by atoms with Crippen LogP contribution in [0.3, 0.4) is 0 Å². The summed E-state index contributed by atoms with van der Waals surface area (Å²) in [7, 11) is 0. The molecule has 10 atom stereocenters. The van der Waals surface area contributed by atoms with Gasteiger partial charge in [0, 0.05) is 12.5 Å². The van der Waals surface area contributed by atoms with E-state index in [1.165, 1.54) is 0 Å². The molecule has 1 aliphatic rings. The van der Waals surface area contributed by atoms with Crippen LogP contribution in [-0.4, -0.2) is 87.9 Å². The van der Waals surface area contributed by atoms with Crippen molar-refractivity contribution in [2.75, 3.05) is 6.61 Å². The molecule has 1 aliphatic heterocycles. The third-order valence-corrected chi connectivity index (χ3v) is 7.49. The van der Waals surface area contributed by atoms with Gasteiger partial charge < -0.3 is 43.6 Å². The number of carbonyl (C=O) groups excluding carboxylic acids is 1. The second kappa shape index (κ2) is 17.0. The molecule has 36 heavy (non-hydrogen) atoms. The Hall–Kier alpha value is -0.640. The summed E-state index contributed by atoms with van der Waals surface area (Å²) in [5, 5.41) is 41.6. The molecule has 5 N–H and O–H groups in total. The van der Waals surface area contributed by atoms with Gasteiger partial charge in [-0.25, -0.2) is 0 Å². The molecule has 1 rings (SSSR count). The normalized spacial score (nSPS) is 27.1. The summed E-state index contributed by atoms with van der Waals surface area (Å²) in [5.41, 5.74) is 0. The number of amides is 1. The number of rotatable bonds is 18. The molecule has 0 bridgehead atoms. The van der Waals surface area contributed by atoms with Gasteiger partial charge in [0.2, 0.25) is 5.91 Å². The minimum absolute atomic E-state index is 0.00246. The first-order valence-corrected chi connectivity index (χ1v) is 13.1. The van der Waals surface area contributed by atoms with E-state index in [1.807, 2.05) is 27.7 Å². The largest absolute Gasteiger partial charge is 0.481 e. The van der Waals surface area contributed by atoms with Crippen LogP contribution in [0.25, 0.3) is 0 Å². The number of carboxylic acids is 1. The van der Waals surface area contributed by atoms with Gasteiger partial charge in [-0.2, -0.15) is 0 Å². The number of carbonyl (C=O) groups is 2. The van der Waals surface area contributed by atoms with Crippen LogP contribution in [-0.2, 0) is 27.4 Å². The van der Waals surface area contributed by atoms with E-state index >= 15 is 0 Å². The third-order valence-electron chi connectivity index (χ3n) is 6.89. The van der Waals surface area contributed by atoms with Gasteiger partial charge in [-0.1, -0.05) is 40.5 Å². The molecule has 0 aliphatic carbocycles. The van der Waals surface area contributed by atoms with Gasteiger partial charge in [0.25, 0.3) is 0 Å². The molecule has 1 fully saturated rings. The molecular weight excluding hydrogens is 514 g/mol. The molecule has 1 heterocycles. The summed E-state index contributed by atoms with van der Waals surface area (Å²) < 4.78 is 21.7. The van der Waals surface area contributed by atoms with Crippen LogP contribution in [0.5, 0.6) is 0 Å². The Morgan fingerprint density at radius 3 is 2.03 bits per heavy atom. The fraction of sp³-hybridized carbons (Fsp3) is 0.913. The molecule has 0 saturated carbocycles. The fourth-order valence-corrected chi connectivity index (χ4v) is 4.41. The number of hydrogen-bond donors (Lipinski definition) is 7. The quantitative estimate of drug-likeness (QED) is 0.0970. The fourth-order valence-electron chi connectivity index (χ4n) is 4.09. The van der Waals surface area contributed by atoms with Crippen LogP contribution in [0.15, 0.2) is 0 Å². The van der Waals surface area contributed by atoms with Crippen molar-refractivity contribution in [3.63, 3.8) is 0 Å². The highest BCUT2D eigenvalue weighted by Crippen LogP contribution is 2.28. The van der Waals surface area contributed by atoms with E-state index in [0.717, 1.165) is 12.8 Å². The van der Waals surface area contributed by atoms with Crippen molar-refractivity contribution >= 4 is 37.7 Å². The molecule has 0 spiro atoms. The lowest BCUT2D eigenvalue weighted by molar-refractivity contribution is -0.207. The zero-order chi connectivity index (χ0) is 27.4. The van der Waals surface area contributed by atoms with Gasteiger partial charge in [0.05, 0.1) is 37.8 Å². The van der Waals surface area contributed by atoms with Gasteiger partial charge in [-0.15, -0.1) is 0 Å². The highest BCUT2D eigenvalue weighted by Gasteiger charge is 2.44. The maximum atomic E-state index is 12.9. The van der Waals surface area contributed by atoms with Crippen molar-refractivity contribution in [1.82, 2.24) is 5.32 Å². The summed E-state index contributed by atoms with van der Waals surface area (Å²) in [6, 6.07) is -0.333. The lowest BCUT2D eigenvalue weighted by Crippen LogP contribution is -2.43. The molecule has 11 nitrogen and oxygen atoms in total. The average molecular weight is 558 g/mol. The molecule has 1 saturated heterocycles. The smallest absolute Gasteiger partial charge is 0.306 e. The monoisotopic (exact) mass is 557 g/mol. The van der Waals surface area contributed by atoms with Gasteiger partial charge in [-0.3, -0.25) is 9.59 Å². The number of thiol groups is 2. The van der Waals surface area contributed by atoms with Crippen LogP contribution in [0, 0.1) is 11.8 Å². The maximum absolute atomic E-state index is 12.9. The topological polar surface area (TPSA) is 164 Å². The van der Waals surface area contributed by atoms with Crippen LogP contribution in [0.4, 0.5) is 0 Å². The summed E-state index contributed by atoms with van der Waals surface area (Å²) in [5.74, 6) is -1.26. The van der Waals surface area contributed by atoms with Crippen LogP contribution in [0.2, 0.25) is 0 Å². The van der Waals surface area contributed by atoms with Crippen molar-refractivity contribution in [2.45, 2.75) is 115 Å². The van der Waals surface area contributed by atoms with Crippen molar-refractivity contribution in [2.24, 2.45) is 11.8 Å². The molecule has 0 aromatic carbocycles. The van der Waals surface area contributed by atoms with E-state index in [9.17, 15) is 24.9 Å². The molecule has 0 aromatic rings. The predicted octanol–water partition coefficient (Wildman–Crippen LogP) is 1.49. The van der Waals surface area contributed by atoms with E-state index in [1.54, 1.807) is 0 Å². The number of ether oxygens (including phenoxy) is 2. The van der Waals surface area contributed by atoms with Gasteiger partial charge in [0.1, 0.15) is 18.3 Å². The maximum Gasteiger partial charge on any atom is 0.306 e. The molecular formula is C23H43NO10S2. The second-order valence-electron chi connectivity index (χ2n) is 9.55. The zero-order valence-electron chi connectivity index (χ0n) is 21.4. The Kier molecular flexibility index (Phi) is 15.8. The van der Waals surface area contributed by atoms with Crippen molar-refractivity contribution in [1.29, 1.82) is 0 Å². The highest BCUT2D eigenvalue weighted by molar-refractivity contribution is 7.75. The molecule has 0 radical (unpaired) electrons. The summed E-state index contributed by atoms with van der Waals surface area (Å²) >= 11 is 7.73. The second-order valence-corrected chi connectivity index (χ2v) is 9.98. The van der Waals surface area contributed by atoms with Crippen LogP contribution in [0.1, 0.15) is 66.2 Å². The number of aliphatic hydroxyl groups excluding tert-OH is 3. The average Bonchev–Trinajstić information content (AvgIpc) is 3.13. The van der Waals surface area contributed by atoms with Gasteiger partial charge in [0.15, 0.2) is 6.29 Å². The Morgan fingerprint density at radius 2 is 1.56 bits per heavy atom. The SMILES string of the molecule is CC[C@H](C)[C@H](C[C@@H](CC(=O)O)OS)NC(=O)C[C@H](C[C@H](O[C@@H]1O[C@@H](CO)C(O)C1O)[C@@H](C)CC)OS. The van der Waals surface area contributed by atoms with E-state index < -0.39 is 55.5 Å². The minimum Gasteiger partial charge on any atom is -0.481 e. The molecule has 1 amide bonds. The summed E-state index contributed by atoms with van der Waals surface area (Å²) in [6.45, 7) is 7.39. The van der Waals surface area contributed by atoms with E-state index in [-0.39, 0.29) is 49.5 Å². The number of hydrogen-bond acceptors (Lipinski definition) is 11. The van der Waals surface area contributed by atoms with Crippen LogP contribution < -0.4 is 5.32 Å². The number of aliphatic carboxylic acids is 1. The minimum atomic E-state index is -1.32. The zero-order valence-corrected chi connectivity index (χ0v) is 23.1. The van der Waals surface area contributed by atoms with Crippen LogP contribution >= 0.6 is 25.8 Å². The van der Waals surface area contributed by atoms with Gasteiger partial charge >= 0.3 is 5.97 Å². The Labute approximate surface area is 224 Å². The summed E-state index contributed by atoms with van der Waals surface area (Å²) in [4.78, 5) is 24.0. The van der Waals surface area contributed by atoms with Crippen molar-refractivity contribution in [3.8, 4) is 0 Å². The Bertz CT molecular complexity index is 660. The number of aliphatic hydroxyl groups is 3. The first kappa shape index (κ1) is 33.4. The van der Waals surface area contributed by atoms with Crippen molar-refractivity contribution in [3.05, 3.63) is 0 Å². The third kappa shape index (κ3) is 10.6. The first-order chi connectivity index (χ1) is 17.0. The van der Waals surface area contributed by atoms with Crippen molar-refractivity contribution < 1.29 is 47.9 Å². The number of carboxylic acid groups (broad SMARTS) is 1. The van der Waals surface area contributed by atoms with Gasteiger partial charge in [-0.05, 0) is 44.1 Å². The van der Waals surface area contributed by atoms with E-state index in [4.69, 9.17) is 22.9 Å². The standard InChI is InChI=1S/C23H43NO10S2/c1-5-12(3)16(7-14(33-35)10-20(27)28)24-19(26)9-15(34-36)8-17(13(4)6-2)31-23-22(30)21(29)18(11-25)32-23/h12-18,21-23,25,29-30,35-36H,5-11H2,1-4H3,(H,24,26)(H,27,28)/t12-,13-,14-,15-,16-,17-,18-,21?,22?,23+/m0/s1. The lowest BCUT2D eigenvalue weighted by atomic mass is 9.92. The molecule has 212 valence electrons. The highest BCUT2D eigenvalue weighted by atomic mass is 32.1. The first-order valence-electron chi connectivity index (χ1n) is 12.4. The number of nitrogens with one attached hydrogen (secondary N) is 1. The molecule has 0 aromatic heterocycles. The lowest BCUT2D eigenvalue weighted by Gasteiger charge is -2.31. The predicted molar refractivity (Wildman–Crippen MR) is 137 cm³/mol. The summed E-state index contributed by atoms with van der Waals surface area (Å²) in [6.07, 6.45) is -4.71. The Morgan fingerprint density at radius 1 is 0.972 bits per heavy atom. The Balaban J connectivity index is 2.83. The van der Waals surface area contributed by atoms with E-state index in [0.29, 0.717) is 0 Å². The molecule has 2 unspecified atom stereocenters.